The lowest BCUT2D eigenvalue weighted by molar-refractivity contribution is -0.111. The van der Waals surface area contributed by atoms with E-state index in [4.69, 9.17) is 21.1 Å². The molecule has 0 bridgehead atoms. The molecule has 0 aliphatic carbocycles. The highest BCUT2D eigenvalue weighted by Gasteiger charge is 2.03. The minimum absolute atomic E-state index is 0.287. The molecule has 22 heavy (non-hydrogen) atoms. The number of pyridine rings is 1. The topological polar surface area (TPSA) is 60.5 Å². The van der Waals surface area contributed by atoms with Crippen LogP contribution in [-0.2, 0) is 4.79 Å². The van der Waals surface area contributed by atoms with Gasteiger partial charge in [-0.15, -0.1) is 0 Å². The number of carbonyl (C=O) groups is 1. The average molecular weight is 319 g/mol. The van der Waals surface area contributed by atoms with Crippen molar-refractivity contribution in [2.45, 2.75) is 0 Å². The van der Waals surface area contributed by atoms with E-state index in [1.165, 1.54) is 12.3 Å². The van der Waals surface area contributed by atoms with Crippen LogP contribution in [0.4, 0.5) is 5.82 Å². The molecule has 0 unspecified atom stereocenters. The van der Waals surface area contributed by atoms with Gasteiger partial charge in [0.25, 0.3) is 0 Å². The van der Waals surface area contributed by atoms with Gasteiger partial charge >= 0.3 is 0 Å². The van der Waals surface area contributed by atoms with Crippen molar-refractivity contribution in [2.75, 3.05) is 19.5 Å². The Balaban J connectivity index is 2.04. The summed E-state index contributed by atoms with van der Waals surface area (Å²) in [7, 11) is 3.13. The first kappa shape index (κ1) is 15.9. The first-order valence-corrected chi connectivity index (χ1v) is 6.83. The Morgan fingerprint density at radius 2 is 1.95 bits per heavy atom. The van der Waals surface area contributed by atoms with Gasteiger partial charge in [-0.1, -0.05) is 17.7 Å². The minimum Gasteiger partial charge on any atom is -0.493 e. The third kappa shape index (κ3) is 4.23. The number of aromatic nitrogens is 1. The Kier molecular flexibility index (Phi) is 5.38. The van der Waals surface area contributed by atoms with E-state index in [1.54, 1.807) is 44.6 Å². The molecule has 114 valence electrons. The Hall–Kier alpha value is -2.53. The number of anilines is 1. The zero-order valence-corrected chi connectivity index (χ0v) is 12.9. The van der Waals surface area contributed by atoms with Crippen LogP contribution >= 0.6 is 11.6 Å². The van der Waals surface area contributed by atoms with Crippen LogP contribution in [0.15, 0.2) is 42.6 Å². The van der Waals surface area contributed by atoms with Crippen molar-refractivity contribution in [2.24, 2.45) is 0 Å². The van der Waals surface area contributed by atoms with E-state index in [0.717, 1.165) is 5.56 Å². The van der Waals surface area contributed by atoms with Crippen molar-refractivity contribution in [3.8, 4) is 11.5 Å². The number of benzene rings is 1. The van der Waals surface area contributed by atoms with Gasteiger partial charge in [0, 0.05) is 12.3 Å². The maximum absolute atomic E-state index is 11.8. The van der Waals surface area contributed by atoms with E-state index in [0.29, 0.717) is 22.3 Å². The number of ether oxygens (including phenoxy) is 2. The maximum atomic E-state index is 11.8. The zero-order valence-electron chi connectivity index (χ0n) is 12.2. The minimum atomic E-state index is -0.287. The molecule has 0 saturated heterocycles. The summed E-state index contributed by atoms with van der Waals surface area (Å²) in [6.07, 6.45) is 4.56. The van der Waals surface area contributed by atoms with Crippen molar-refractivity contribution in [1.29, 1.82) is 0 Å². The maximum Gasteiger partial charge on any atom is 0.249 e. The molecule has 0 spiro atoms. The molecule has 2 aromatic rings. The smallest absolute Gasteiger partial charge is 0.249 e. The SMILES string of the molecule is COc1ccc(/C=C/C(=O)Nc2ccc(Cl)cn2)cc1OC. The van der Waals surface area contributed by atoms with Crippen molar-refractivity contribution in [3.63, 3.8) is 0 Å². The van der Waals surface area contributed by atoms with Crippen LogP contribution in [0.25, 0.3) is 6.08 Å². The number of hydrogen-bond acceptors (Lipinski definition) is 4. The number of hydrogen-bond donors (Lipinski definition) is 1. The summed E-state index contributed by atoms with van der Waals surface area (Å²) < 4.78 is 10.4. The van der Waals surface area contributed by atoms with Crippen LogP contribution in [0.2, 0.25) is 5.02 Å². The summed E-state index contributed by atoms with van der Waals surface area (Å²) in [5.41, 5.74) is 0.817. The van der Waals surface area contributed by atoms with Crippen LogP contribution in [0, 0.1) is 0 Å². The lowest BCUT2D eigenvalue weighted by Gasteiger charge is -2.07. The molecule has 0 aliphatic rings. The Morgan fingerprint density at radius 1 is 1.18 bits per heavy atom. The summed E-state index contributed by atoms with van der Waals surface area (Å²) in [6, 6.07) is 8.67. The number of amides is 1. The molecule has 1 amide bonds. The molecule has 6 heteroatoms. The van der Waals surface area contributed by atoms with Gasteiger partial charge in [0.2, 0.25) is 5.91 Å². The summed E-state index contributed by atoms with van der Waals surface area (Å²) in [6.45, 7) is 0. The second-order valence-corrected chi connectivity index (χ2v) is 4.74. The van der Waals surface area contributed by atoms with Crippen molar-refractivity contribution in [3.05, 3.63) is 53.2 Å². The third-order valence-corrected chi connectivity index (χ3v) is 3.04. The predicted octanol–water partition coefficient (Wildman–Crippen LogP) is 3.40. The molecule has 0 aliphatic heterocycles. The molecule has 1 aromatic heterocycles. The molecule has 0 atom stereocenters. The fraction of sp³-hybridized carbons (Fsp3) is 0.125. The van der Waals surface area contributed by atoms with Gasteiger partial charge in [0.05, 0.1) is 19.2 Å². The van der Waals surface area contributed by atoms with Crippen LogP contribution in [0.3, 0.4) is 0 Å². The Bertz CT molecular complexity index is 684. The molecular formula is C16H15ClN2O3. The molecule has 1 aromatic carbocycles. The van der Waals surface area contributed by atoms with E-state index in [9.17, 15) is 4.79 Å². The Morgan fingerprint density at radius 3 is 2.59 bits per heavy atom. The van der Waals surface area contributed by atoms with E-state index in [2.05, 4.69) is 10.3 Å². The number of methoxy groups -OCH3 is 2. The van der Waals surface area contributed by atoms with E-state index in [-0.39, 0.29) is 5.91 Å². The lowest BCUT2D eigenvalue weighted by Crippen LogP contribution is -2.08. The monoisotopic (exact) mass is 318 g/mol. The number of nitrogens with one attached hydrogen (secondary N) is 1. The molecule has 1 N–H and O–H groups in total. The van der Waals surface area contributed by atoms with Crippen LogP contribution < -0.4 is 14.8 Å². The number of halogens is 1. The van der Waals surface area contributed by atoms with Gasteiger partial charge < -0.3 is 14.8 Å². The largest absolute Gasteiger partial charge is 0.493 e. The second-order valence-electron chi connectivity index (χ2n) is 4.30. The number of carbonyl (C=O) groups excluding carboxylic acids is 1. The zero-order chi connectivity index (χ0) is 15.9. The van der Waals surface area contributed by atoms with E-state index < -0.39 is 0 Å². The van der Waals surface area contributed by atoms with Gasteiger partial charge in [-0.05, 0) is 35.9 Å². The summed E-state index contributed by atoms with van der Waals surface area (Å²) >= 11 is 5.73. The standard InChI is InChI=1S/C16H15ClN2O3/c1-21-13-6-3-11(9-14(13)22-2)4-8-16(20)19-15-7-5-12(17)10-18-15/h3-10H,1-2H3,(H,18,19,20)/b8-4+. The first-order chi connectivity index (χ1) is 10.6. The van der Waals surface area contributed by atoms with Crippen molar-refractivity contribution >= 4 is 29.4 Å². The van der Waals surface area contributed by atoms with E-state index in [1.807, 2.05) is 6.07 Å². The molecule has 1 heterocycles. The summed E-state index contributed by atoms with van der Waals surface area (Å²) in [5, 5.41) is 3.15. The quantitative estimate of drug-likeness (QED) is 0.858. The molecule has 2 rings (SSSR count). The summed E-state index contributed by atoms with van der Waals surface area (Å²) in [4.78, 5) is 15.8. The number of nitrogens with zero attached hydrogens (tertiary/aromatic N) is 1. The molecule has 5 nitrogen and oxygen atoms in total. The Labute approximate surface area is 133 Å². The third-order valence-electron chi connectivity index (χ3n) is 2.81. The molecule has 0 radical (unpaired) electrons. The van der Waals surface area contributed by atoms with Crippen LogP contribution in [-0.4, -0.2) is 25.1 Å². The van der Waals surface area contributed by atoms with E-state index >= 15 is 0 Å². The second kappa shape index (κ2) is 7.47. The highest BCUT2D eigenvalue weighted by Crippen LogP contribution is 2.27. The molecule has 0 fully saturated rings. The van der Waals surface area contributed by atoms with Gasteiger partial charge in [-0.3, -0.25) is 4.79 Å². The highest BCUT2D eigenvalue weighted by molar-refractivity contribution is 6.30. The first-order valence-electron chi connectivity index (χ1n) is 6.45. The van der Waals surface area contributed by atoms with Crippen molar-refractivity contribution in [1.82, 2.24) is 4.98 Å². The summed E-state index contributed by atoms with van der Waals surface area (Å²) in [5.74, 6) is 1.38. The van der Waals surface area contributed by atoms with Crippen LogP contribution in [0.5, 0.6) is 11.5 Å². The number of rotatable bonds is 5. The fourth-order valence-electron chi connectivity index (χ4n) is 1.75. The predicted molar refractivity (Wildman–Crippen MR) is 86.5 cm³/mol. The van der Waals surface area contributed by atoms with Crippen molar-refractivity contribution < 1.29 is 14.3 Å². The van der Waals surface area contributed by atoms with Gasteiger partial charge in [0.15, 0.2) is 11.5 Å². The van der Waals surface area contributed by atoms with Gasteiger partial charge in [0.1, 0.15) is 5.82 Å². The average Bonchev–Trinajstić information content (AvgIpc) is 2.54. The lowest BCUT2D eigenvalue weighted by atomic mass is 10.2. The molecule has 0 saturated carbocycles. The normalized spacial score (nSPS) is 10.5. The van der Waals surface area contributed by atoms with Gasteiger partial charge in [-0.25, -0.2) is 4.98 Å². The highest BCUT2D eigenvalue weighted by atomic mass is 35.5. The van der Waals surface area contributed by atoms with Gasteiger partial charge in [-0.2, -0.15) is 0 Å². The van der Waals surface area contributed by atoms with Crippen LogP contribution in [0.1, 0.15) is 5.56 Å². The molecular weight excluding hydrogens is 304 g/mol. The fourth-order valence-corrected chi connectivity index (χ4v) is 1.86.